The average molecular weight is 437 g/mol. The number of esters is 1. The average Bonchev–Trinajstić information content (AvgIpc) is 2.96. The summed E-state index contributed by atoms with van der Waals surface area (Å²) >= 11 is 0. The maximum Gasteiger partial charge on any atom is 0.413 e. The first-order chi connectivity index (χ1) is 14.9. The molecule has 0 heterocycles. The lowest BCUT2D eigenvalue weighted by molar-refractivity contribution is -0.137. The van der Waals surface area contributed by atoms with Gasteiger partial charge in [-0.05, 0) is 50.3 Å². The zero-order valence-corrected chi connectivity index (χ0v) is 19.4. The Hall–Kier alpha value is -2.77. The van der Waals surface area contributed by atoms with Crippen LogP contribution in [0.4, 0.5) is 9.59 Å². The SMILES string of the molecule is CCCCN(C(=O)OC)C1=C/C(=C/C(=O)OCC)CCC(N(CCCC)C(=O)OC)=C1. The van der Waals surface area contributed by atoms with Crippen molar-refractivity contribution in [2.45, 2.75) is 59.3 Å². The smallest absolute Gasteiger partial charge is 0.413 e. The number of hydrogen-bond acceptors (Lipinski definition) is 6. The lowest BCUT2D eigenvalue weighted by Crippen LogP contribution is -2.33. The molecule has 0 saturated carbocycles. The van der Waals surface area contributed by atoms with Crippen molar-refractivity contribution in [1.29, 1.82) is 0 Å². The van der Waals surface area contributed by atoms with Crippen molar-refractivity contribution in [3.8, 4) is 0 Å². The van der Waals surface area contributed by atoms with Gasteiger partial charge in [0.1, 0.15) is 0 Å². The van der Waals surface area contributed by atoms with Gasteiger partial charge in [0, 0.05) is 30.6 Å². The predicted molar refractivity (Wildman–Crippen MR) is 118 cm³/mol. The van der Waals surface area contributed by atoms with E-state index in [9.17, 15) is 14.4 Å². The highest BCUT2D eigenvalue weighted by molar-refractivity contribution is 5.83. The van der Waals surface area contributed by atoms with Crippen molar-refractivity contribution in [2.24, 2.45) is 0 Å². The molecule has 0 aromatic rings. The van der Waals surface area contributed by atoms with E-state index in [-0.39, 0.29) is 6.61 Å². The first-order valence-electron chi connectivity index (χ1n) is 10.9. The summed E-state index contributed by atoms with van der Waals surface area (Å²) in [4.78, 5) is 40.1. The topological polar surface area (TPSA) is 85.4 Å². The summed E-state index contributed by atoms with van der Waals surface area (Å²) in [5, 5.41) is 0. The van der Waals surface area contributed by atoms with Gasteiger partial charge in [-0.1, -0.05) is 26.7 Å². The van der Waals surface area contributed by atoms with E-state index in [2.05, 4.69) is 0 Å². The molecule has 1 rings (SSSR count). The predicted octanol–water partition coefficient (Wildman–Crippen LogP) is 4.77. The molecule has 8 nitrogen and oxygen atoms in total. The first-order valence-corrected chi connectivity index (χ1v) is 10.9. The van der Waals surface area contributed by atoms with Crippen molar-refractivity contribution >= 4 is 18.2 Å². The number of unbranched alkanes of at least 4 members (excludes halogenated alkanes) is 2. The Morgan fingerprint density at radius 2 is 1.48 bits per heavy atom. The van der Waals surface area contributed by atoms with E-state index in [1.807, 2.05) is 19.9 Å². The molecule has 0 aliphatic heterocycles. The molecule has 174 valence electrons. The quantitative estimate of drug-likeness (QED) is 0.278. The molecule has 1 aliphatic rings. The lowest BCUT2D eigenvalue weighted by Gasteiger charge is -2.26. The molecule has 0 atom stereocenters. The van der Waals surface area contributed by atoms with Crippen LogP contribution in [0.3, 0.4) is 0 Å². The summed E-state index contributed by atoms with van der Waals surface area (Å²) in [6.07, 6.45) is 8.51. The summed E-state index contributed by atoms with van der Waals surface area (Å²) in [6.45, 7) is 7.07. The van der Waals surface area contributed by atoms with Crippen LogP contribution in [-0.4, -0.2) is 61.9 Å². The number of hydrogen-bond donors (Lipinski definition) is 0. The number of nitrogens with zero attached hydrogens (tertiary/aromatic N) is 2. The fraction of sp³-hybridized carbons (Fsp3) is 0.609. The van der Waals surface area contributed by atoms with Crippen LogP contribution in [0.2, 0.25) is 0 Å². The molecule has 0 saturated heterocycles. The Bertz CT molecular complexity index is 711. The highest BCUT2D eigenvalue weighted by atomic mass is 16.5. The summed E-state index contributed by atoms with van der Waals surface area (Å²) in [6, 6.07) is 0. The Kier molecular flexibility index (Phi) is 12.1. The highest BCUT2D eigenvalue weighted by Gasteiger charge is 2.24. The normalized spacial score (nSPS) is 14.8. The third-order valence-electron chi connectivity index (χ3n) is 4.83. The van der Waals surface area contributed by atoms with E-state index in [0.29, 0.717) is 37.2 Å². The van der Waals surface area contributed by atoms with Gasteiger partial charge in [0.05, 0.1) is 20.8 Å². The third-order valence-corrected chi connectivity index (χ3v) is 4.83. The van der Waals surface area contributed by atoms with Gasteiger partial charge in [0.25, 0.3) is 0 Å². The minimum atomic E-state index is -0.495. The van der Waals surface area contributed by atoms with Crippen LogP contribution in [0.25, 0.3) is 0 Å². The van der Waals surface area contributed by atoms with E-state index in [1.54, 1.807) is 17.9 Å². The van der Waals surface area contributed by atoms with Crippen molar-refractivity contribution < 1.29 is 28.6 Å². The third kappa shape index (κ3) is 8.47. The van der Waals surface area contributed by atoms with E-state index < -0.39 is 18.2 Å². The van der Waals surface area contributed by atoms with Crippen LogP contribution < -0.4 is 0 Å². The highest BCUT2D eigenvalue weighted by Crippen LogP contribution is 2.27. The zero-order chi connectivity index (χ0) is 23.2. The number of allylic oxidation sites excluding steroid dienone is 4. The van der Waals surface area contributed by atoms with Crippen LogP contribution in [0, 0.1) is 0 Å². The summed E-state index contributed by atoms with van der Waals surface area (Å²) in [5.74, 6) is -0.439. The fourth-order valence-electron chi connectivity index (χ4n) is 3.17. The maximum absolute atomic E-state index is 12.5. The molecule has 0 spiro atoms. The van der Waals surface area contributed by atoms with E-state index in [0.717, 1.165) is 31.4 Å². The van der Waals surface area contributed by atoms with Crippen LogP contribution in [0.15, 0.2) is 35.2 Å². The molecule has 0 aromatic heterocycles. The standard InChI is InChI=1S/C23H36N2O6/c1-6-9-13-24(22(27)29-4)19-12-11-18(16-21(26)31-8-3)15-20(17-19)25(14-10-7-2)23(28)30-5/h15-17H,6-14H2,1-5H3/b18-16+. The van der Waals surface area contributed by atoms with E-state index in [1.165, 1.54) is 25.2 Å². The molecular formula is C23H36N2O6. The minimum absolute atomic E-state index is 0.278. The molecule has 0 fully saturated rings. The zero-order valence-electron chi connectivity index (χ0n) is 19.4. The van der Waals surface area contributed by atoms with E-state index >= 15 is 0 Å². The van der Waals surface area contributed by atoms with Crippen LogP contribution in [-0.2, 0) is 19.0 Å². The second kappa shape index (κ2) is 14.3. The van der Waals surface area contributed by atoms with Crippen molar-refractivity contribution in [3.63, 3.8) is 0 Å². The molecule has 1 aliphatic carbocycles. The van der Waals surface area contributed by atoms with Crippen LogP contribution >= 0.6 is 0 Å². The number of amides is 2. The van der Waals surface area contributed by atoms with Gasteiger partial charge in [0.15, 0.2) is 0 Å². The van der Waals surface area contributed by atoms with Gasteiger partial charge in [0.2, 0.25) is 0 Å². The monoisotopic (exact) mass is 436 g/mol. The van der Waals surface area contributed by atoms with Gasteiger partial charge in [-0.2, -0.15) is 0 Å². The van der Waals surface area contributed by atoms with Crippen LogP contribution in [0.1, 0.15) is 59.3 Å². The Labute approximate surface area is 185 Å². The number of rotatable bonds is 10. The van der Waals surface area contributed by atoms with Crippen molar-refractivity contribution in [2.75, 3.05) is 33.9 Å². The Morgan fingerprint density at radius 3 is 2.03 bits per heavy atom. The number of carbonyl (C=O) groups is 3. The van der Waals surface area contributed by atoms with Crippen LogP contribution in [0.5, 0.6) is 0 Å². The van der Waals surface area contributed by atoms with Gasteiger partial charge in [-0.3, -0.25) is 9.80 Å². The van der Waals surface area contributed by atoms with Gasteiger partial charge in [-0.25, -0.2) is 14.4 Å². The largest absolute Gasteiger partial charge is 0.463 e. The number of ether oxygens (including phenoxy) is 3. The van der Waals surface area contributed by atoms with Gasteiger partial charge >= 0.3 is 18.2 Å². The van der Waals surface area contributed by atoms with Gasteiger partial charge < -0.3 is 14.2 Å². The molecule has 2 amide bonds. The first kappa shape index (κ1) is 26.3. The fourth-order valence-corrected chi connectivity index (χ4v) is 3.17. The molecule has 0 bridgehead atoms. The van der Waals surface area contributed by atoms with Crippen molar-refractivity contribution in [1.82, 2.24) is 9.80 Å². The molecule has 31 heavy (non-hydrogen) atoms. The minimum Gasteiger partial charge on any atom is -0.463 e. The molecule has 0 aromatic carbocycles. The summed E-state index contributed by atoms with van der Waals surface area (Å²) < 4.78 is 15.0. The molecule has 0 N–H and O–H groups in total. The Morgan fingerprint density at radius 1 is 0.903 bits per heavy atom. The second-order valence-electron chi connectivity index (χ2n) is 7.13. The number of methoxy groups -OCH3 is 2. The molecule has 0 radical (unpaired) electrons. The van der Waals surface area contributed by atoms with Crippen molar-refractivity contribution in [3.05, 3.63) is 35.2 Å². The van der Waals surface area contributed by atoms with Gasteiger partial charge in [-0.15, -0.1) is 0 Å². The Balaban J connectivity index is 3.44. The summed E-state index contributed by atoms with van der Waals surface area (Å²) in [5.41, 5.74) is 2.00. The summed E-state index contributed by atoms with van der Waals surface area (Å²) in [7, 11) is 2.68. The lowest BCUT2D eigenvalue weighted by atomic mass is 10.1. The second-order valence-corrected chi connectivity index (χ2v) is 7.13. The molecule has 0 unspecified atom stereocenters. The maximum atomic E-state index is 12.5. The molecule has 8 heteroatoms. The molecular weight excluding hydrogens is 400 g/mol. The van der Waals surface area contributed by atoms with E-state index in [4.69, 9.17) is 14.2 Å². The number of carbonyl (C=O) groups excluding carboxylic acids is 3.